The van der Waals surface area contributed by atoms with Gasteiger partial charge in [-0.05, 0) is 44.1 Å². The fourth-order valence-corrected chi connectivity index (χ4v) is 2.42. The molecule has 1 saturated carbocycles. The van der Waals surface area contributed by atoms with Crippen LogP contribution in [0.1, 0.15) is 31.4 Å². The molecule has 2 N–H and O–H groups in total. The van der Waals surface area contributed by atoms with Crippen molar-refractivity contribution in [3.8, 4) is 0 Å². The monoisotopic (exact) mass is 235 g/mol. The molecule has 0 atom stereocenters. The summed E-state index contributed by atoms with van der Waals surface area (Å²) in [5.74, 6) is 0.489. The van der Waals surface area contributed by atoms with E-state index in [9.17, 15) is 10.1 Å². The van der Waals surface area contributed by atoms with E-state index in [2.05, 4.69) is 4.98 Å². The summed E-state index contributed by atoms with van der Waals surface area (Å²) in [4.78, 5) is 14.7. The number of hydrogen-bond donors (Lipinski definition) is 1. The Hall–Kier alpha value is -1.49. The molecule has 1 aliphatic carbocycles. The molecule has 1 aromatic heterocycles. The Balaban J connectivity index is 2.05. The normalized spacial score (nSPS) is 24.5. The average Bonchev–Trinajstić information content (AvgIpc) is 2.32. The highest BCUT2D eigenvalue weighted by Crippen LogP contribution is 2.28. The Morgan fingerprint density at radius 2 is 2.12 bits per heavy atom. The Morgan fingerprint density at radius 1 is 1.41 bits per heavy atom. The second-order valence-electron chi connectivity index (χ2n) is 4.71. The second-order valence-corrected chi connectivity index (χ2v) is 4.71. The summed E-state index contributed by atoms with van der Waals surface area (Å²) >= 11 is 0. The maximum atomic E-state index is 10.9. The van der Waals surface area contributed by atoms with Crippen molar-refractivity contribution in [2.24, 2.45) is 11.7 Å². The van der Waals surface area contributed by atoms with Crippen LogP contribution >= 0.6 is 0 Å². The molecule has 0 amide bonds. The van der Waals surface area contributed by atoms with Crippen molar-refractivity contribution in [1.29, 1.82) is 0 Å². The largest absolute Gasteiger partial charge is 0.328 e. The molecule has 1 aliphatic rings. The lowest BCUT2D eigenvalue weighted by molar-refractivity contribution is -0.386. The molecule has 0 unspecified atom stereocenters. The first-order valence-corrected chi connectivity index (χ1v) is 6.00. The lowest BCUT2D eigenvalue weighted by Crippen LogP contribution is -2.27. The van der Waals surface area contributed by atoms with Gasteiger partial charge in [0, 0.05) is 18.3 Å². The fraction of sp³-hybridized carbons (Fsp3) is 0.583. The zero-order valence-electron chi connectivity index (χ0n) is 9.71. The van der Waals surface area contributed by atoms with Crippen molar-refractivity contribution >= 4 is 5.69 Å². The number of nitrogens with two attached hydrogens (primary N) is 1. The van der Waals surface area contributed by atoms with Crippen molar-refractivity contribution in [2.75, 3.05) is 0 Å². The SMILES string of the molecule is NC1CCC(Cc2ncccc2[N+](=O)[O-])CC1. The Morgan fingerprint density at radius 3 is 2.76 bits per heavy atom. The van der Waals surface area contributed by atoms with E-state index in [0.717, 1.165) is 25.7 Å². The molecular formula is C12H17N3O2. The standard InChI is InChI=1S/C12H17N3O2/c13-10-5-3-9(4-6-10)8-11-12(15(16)17)2-1-7-14-11/h1-2,7,9-10H,3-6,8,13H2. The summed E-state index contributed by atoms with van der Waals surface area (Å²) in [7, 11) is 0. The highest BCUT2D eigenvalue weighted by molar-refractivity contribution is 5.34. The molecule has 0 spiro atoms. The van der Waals surface area contributed by atoms with Gasteiger partial charge in [-0.15, -0.1) is 0 Å². The van der Waals surface area contributed by atoms with Gasteiger partial charge in [0.15, 0.2) is 0 Å². The van der Waals surface area contributed by atoms with Gasteiger partial charge in [0.1, 0.15) is 5.69 Å². The molecule has 0 radical (unpaired) electrons. The molecule has 2 rings (SSSR count). The quantitative estimate of drug-likeness (QED) is 0.642. The first-order chi connectivity index (χ1) is 8.16. The Bertz CT molecular complexity index is 400. The third-order valence-electron chi connectivity index (χ3n) is 3.44. The van der Waals surface area contributed by atoms with E-state index in [4.69, 9.17) is 5.73 Å². The molecule has 1 heterocycles. The minimum atomic E-state index is -0.350. The molecule has 92 valence electrons. The van der Waals surface area contributed by atoms with Crippen LogP contribution in [0, 0.1) is 16.0 Å². The van der Waals surface area contributed by atoms with Gasteiger partial charge in [0.05, 0.1) is 4.92 Å². The molecule has 5 heteroatoms. The van der Waals surface area contributed by atoms with Gasteiger partial charge >= 0.3 is 0 Å². The molecule has 0 aromatic carbocycles. The van der Waals surface area contributed by atoms with Gasteiger partial charge in [-0.2, -0.15) is 0 Å². The number of pyridine rings is 1. The molecular weight excluding hydrogens is 218 g/mol. The van der Waals surface area contributed by atoms with Crippen LogP contribution in [0.25, 0.3) is 0 Å². The molecule has 0 bridgehead atoms. The van der Waals surface area contributed by atoms with Crippen LogP contribution in [0.3, 0.4) is 0 Å². The summed E-state index contributed by atoms with van der Waals surface area (Å²) in [5.41, 5.74) is 6.59. The number of nitro groups is 1. The highest BCUT2D eigenvalue weighted by Gasteiger charge is 2.22. The maximum Gasteiger partial charge on any atom is 0.290 e. The first-order valence-electron chi connectivity index (χ1n) is 6.00. The molecule has 17 heavy (non-hydrogen) atoms. The summed E-state index contributed by atoms with van der Waals surface area (Å²) < 4.78 is 0. The van der Waals surface area contributed by atoms with Crippen LogP contribution in [0.5, 0.6) is 0 Å². The van der Waals surface area contributed by atoms with Gasteiger partial charge < -0.3 is 5.73 Å². The van der Waals surface area contributed by atoms with Crippen LogP contribution in [0.2, 0.25) is 0 Å². The van der Waals surface area contributed by atoms with Gasteiger partial charge in [-0.25, -0.2) is 0 Å². The lowest BCUT2D eigenvalue weighted by atomic mass is 9.83. The van der Waals surface area contributed by atoms with E-state index in [1.54, 1.807) is 12.3 Å². The molecule has 5 nitrogen and oxygen atoms in total. The Labute approximate surface area is 100 Å². The van der Waals surface area contributed by atoms with E-state index in [1.807, 2.05) is 0 Å². The van der Waals surface area contributed by atoms with Gasteiger partial charge in [0.25, 0.3) is 5.69 Å². The minimum Gasteiger partial charge on any atom is -0.328 e. The van der Waals surface area contributed by atoms with E-state index in [-0.39, 0.29) is 10.6 Å². The molecule has 0 saturated heterocycles. The van der Waals surface area contributed by atoms with Crippen LogP contribution in [0.15, 0.2) is 18.3 Å². The predicted molar refractivity (Wildman–Crippen MR) is 64.5 cm³/mol. The zero-order valence-corrected chi connectivity index (χ0v) is 9.71. The maximum absolute atomic E-state index is 10.9. The summed E-state index contributed by atoms with van der Waals surface area (Å²) in [5, 5.41) is 10.9. The van der Waals surface area contributed by atoms with Crippen LogP contribution in [-0.4, -0.2) is 15.9 Å². The topological polar surface area (TPSA) is 82.0 Å². The first kappa shape index (κ1) is 12.0. The lowest BCUT2D eigenvalue weighted by Gasteiger charge is -2.25. The molecule has 0 aliphatic heterocycles. The summed E-state index contributed by atoms with van der Waals surface area (Å²) in [6.07, 6.45) is 6.46. The van der Waals surface area contributed by atoms with Crippen molar-refractivity contribution < 1.29 is 4.92 Å². The van der Waals surface area contributed by atoms with Crippen LogP contribution in [-0.2, 0) is 6.42 Å². The van der Waals surface area contributed by atoms with E-state index < -0.39 is 0 Å². The summed E-state index contributed by atoms with van der Waals surface area (Å²) in [6.45, 7) is 0. The Kier molecular flexibility index (Phi) is 3.68. The smallest absolute Gasteiger partial charge is 0.290 e. The second kappa shape index (κ2) is 5.23. The molecule has 1 fully saturated rings. The predicted octanol–water partition coefficient (Wildman–Crippen LogP) is 2.05. The van der Waals surface area contributed by atoms with Gasteiger partial charge in [-0.1, -0.05) is 0 Å². The number of nitrogens with zero attached hydrogens (tertiary/aromatic N) is 2. The molecule has 1 aromatic rings. The number of aromatic nitrogens is 1. The van der Waals surface area contributed by atoms with Crippen molar-refractivity contribution in [2.45, 2.75) is 38.1 Å². The van der Waals surface area contributed by atoms with E-state index in [1.165, 1.54) is 6.07 Å². The zero-order chi connectivity index (χ0) is 12.3. The van der Waals surface area contributed by atoms with Gasteiger partial charge in [-0.3, -0.25) is 15.1 Å². The fourth-order valence-electron chi connectivity index (χ4n) is 2.42. The minimum absolute atomic E-state index is 0.141. The number of rotatable bonds is 3. The van der Waals surface area contributed by atoms with Crippen molar-refractivity contribution in [1.82, 2.24) is 4.98 Å². The van der Waals surface area contributed by atoms with Crippen molar-refractivity contribution in [3.05, 3.63) is 34.1 Å². The van der Waals surface area contributed by atoms with E-state index in [0.29, 0.717) is 24.1 Å². The van der Waals surface area contributed by atoms with Crippen LogP contribution < -0.4 is 5.73 Å². The van der Waals surface area contributed by atoms with Gasteiger partial charge in [0.2, 0.25) is 0 Å². The highest BCUT2D eigenvalue weighted by atomic mass is 16.6. The summed E-state index contributed by atoms with van der Waals surface area (Å²) in [6, 6.07) is 3.44. The van der Waals surface area contributed by atoms with Crippen LogP contribution in [0.4, 0.5) is 5.69 Å². The average molecular weight is 235 g/mol. The van der Waals surface area contributed by atoms with E-state index >= 15 is 0 Å². The third-order valence-corrected chi connectivity index (χ3v) is 3.44. The third kappa shape index (κ3) is 3.00. The number of hydrogen-bond acceptors (Lipinski definition) is 4. The van der Waals surface area contributed by atoms with Crippen molar-refractivity contribution in [3.63, 3.8) is 0 Å².